The molecule has 4 nitrogen and oxygen atoms in total. The van der Waals surface area contributed by atoms with Crippen LogP contribution in [0.2, 0.25) is 0 Å². The summed E-state index contributed by atoms with van der Waals surface area (Å²) in [5.74, 6) is 1.63. The Hall–Kier alpha value is -2.62. The van der Waals surface area contributed by atoms with Crippen LogP contribution < -0.4 is 9.47 Å². The fourth-order valence-electron chi connectivity index (χ4n) is 1.23. The summed E-state index contributed by atoms with van der Waals surface area (Å²) >= 11 is 0. The summed E-state index contributed by atoms with van der Waals surface area (Å²) in [6.07, 6.45) is 2.82. The van der Waals surface area contributed by atoms with E-state index in [0.717, 1.165) is 11.5 Å². The van der Waals surface area contributed by atoms with Gasteiger partial charge in [-0.1, -0.05) is 77.9 Å². The molecule has 0 aliphatic carbocycles. The number of ether oxygens (including phenoxy) is 2. The van der Waals surface area contributed by atoms with Crippen molar-refractivity contribution in [1.29, 1.82) is 0 Å². The van der Waals surface area contributed by atoms with Crippen LogP contribution in [0, 0.1) is 0 Å². The number of para-hydroxylation sites is 2. The Balaban J connectivity index is -0.000000316. The van der Waals surface area contributed by atoms with Crippen molar-refractivity contribution in [3.8, 4) is 11.5 Å². The molecular weight excluding hydrogens is 324 g/mol. The molecule has 0 radical (unpaired) electrons. The second kappa shape index (κ2) is 27.2. The van der Waals surface area contributed by atoms with Gasteiger partial charge < -0.3 is 9.47 Å². The molecule has 146 valence electrons. The quantitative estimate of drug-likeness (QED) is 0.460. The van der Waals surface area contributed by atoms with Crippen molar-refractivity contribution in [3.63, 3.8) is 0 Å². The van der Waals surface area contributed by atoms with E-state index in [1.165, 1.54) is 12.8 Å². The van der Waals surface area contributed by atoms with Gasteiger partial charge in [0.25, 0.3) is 0 Å². The second-order valence-corrected chi connectivity index (χ2v) is 3.59. The Kier molecular flexibility index (Phi) is 29.5. The third-order valence-corrected chi connectivity index (χ3v) is 2.07. The minimum absolute atomic E-state index is 0.813. The van der Waals surface area contributed by atoms with E-state index < -0.39 is 0 Å². The molecule has 0 aliphatic rings. The largest absolute Gasteiger partial charge is 0.446 e. The Labute approximate surface area is 160 Å². The number of nitrogens with zero attached hydrogens (tertiary/aromatic N) is 2. The Morgan fingerprint density at radius 2 is 0.808 bits per heavy atom. The first kappa shape index (κ1) is 28.2. The molecule has 0 atom stereocenters. The van der Waals surface area contributed by atoms with Gasteiger partial charge >= 0.3 is 0 Å². The summed E-state index contributed by atoms with van der Waals surface area (Å²) in [5, 5.41) is 0. The van der Waals surface area contributed by atoms with Crippen molar-refractivity contribution >= 4 is 12.8 Å². The molecule has 26 heavy (non-hydrogen) atoms. The Morgan fingerprint density at radius 1 is 0.538 bits per heavy atom. The molecule has 4 heteroatoms. The maximum absolute atomic E-state index is 5.06. The summed E-state index contributed by atoms with van der Waals surface area (Å²) in [4.78, 5) is 7.37. The zero-order valence-corrected chi connectivity index (χ0v) is 17.6. The number of benzene rings is 2. The van der Waals surface area contributed by atoms with Crippen molar-refractivity contribution in [2.75, 3.05) is 14.1 Å². The van der Waals surface area contributed by atoms with Gasteiger partial charge in [-0.25, -0.2) is 0 Å². The number of rotatable bonds is 4. The third-order valence-electron chi connectivity index (χ3n) is 2.07. The van der Waals surface area contributed by atoms with Gasteiger partial charge in [-0.15, -0.1) is 0 Å². The molecule has 0 aromatic heterocycles. The van der Waals surface area contributed by atoms with Crippen molar-refractivity contribution < 1.29 is 9.47 Å². The van der Waals surface area contributed by atoms with Crippen LogP contribution in [-0.4, -0.2) is 26.9 Å². The van der Waals surface area contributed by atoms with Crippen molar-refractivity contribution in [3.05, 3.63) is 60.7 Å². The lowest BCUT2D eigenvalue weighted by Crippen LogP contribution is -1.87. The predicted octanol–water partition coefficient (Wildman–Crippen LogP) is 6.53. The van der Waals surface area contributed by atoms with Gasteiger partial charge in [0, 0.05) is 14.1 Å². The zero-order chi connectivity index (χ0) is 20.5. The molecule has 0 N–H and O–H groups in total. The third kappa shape index (κ3) is 19.4. The molecule has 2 rings (SSSR count). The van der Waals surface area contributed by atoms with Crippen LogP contribution >= 0.6 is 0 Å². The van der Waals surface area contributed by atoms with Crippen molar-refractivity contribution in [2.24, 2.45) is 9.98 Å². The van der Waals surface area contributed by atoms with E-state index in [1.54, 1.807) is 14.1 Å². The van der Waals surface area contributed by atoms with Gasteiger partial charge in [0.2, 0.25) is 0 Å². The predicted molar refractivity (Wildman–Crippen MR) is 117 cm³/mol. The lowest BCUT2D eigenvalue weighted by Gasteiger charge is -1.95. The van der Waals surface area contributed by atoms with Crippen molar-refractivity contribution in [1.82, 2.24) is 0 Å². The van der Waals surface area contributed by atoms with Crippen LogP contribution in [0.5, 0.6) is 11.5 Å². The highest BCUT2D eigenvalue weighted by Gasteiger charge is 1.84. The van der Waals surface area contributed by atoms with E-state index in [2.05, 4.69) is 9.98 Å². The molecule has 0 heterocycles. The lowest BCUT2D eigenvalue weighted by molar-refractivity contribution is 0.573. The van der Waals surface area contributed by atoms with Crippen LogP contribution in [-0.2, 0) is 0 Å². The van der Waals surface area contributed by atoms with Crippen LogP contribution in [0.15, 0.2) is 70.6 Å². The fraction of sp³-hybridized carbons (Fsp3) is 0.364. The normalized spacial score (nSPS) is 8.46. The van der Waals surface area contributed by atoms with Gasteiger partial charge in [-0.05, 0) is 24.3 Å². The van der Waals surface area contributed by atoms with Crippen molar-refractivity contribution in [2.45, 2.75) is 41.5 Å². The minimum Gasteiger partial charge on any atom is -0.446 e. The first-order valence-electron chi connectivity index (χ1n) is 9.11. The standard InChI is InChI=1S/2C8H9NO.3C2H6/c2*1-9-7-10-8-5-3-2-4-6-8;3*1-2/h2*2-7H,1H3;3*1-2H3. The molecule has 0 saturated carbocycles. The van der Waals surface area contributed by atoms with E-state index in [0.29, 0.717) is 0 Å². The number of hydrogen-bond acceptors (Lipinski definition) is 4. The molecule has 0 saturated heterocycles. The second-order valence-electron chi connectivity index (χ2n) is 3.59. The van der Waals surface area contributed by atoms with E-state index >= 15 is 0 Å². The van der Waals surface area contributed by atoms with E-state index in [-0.39, 0.29) is 0 Å². The van der Waals surface area contributed by atoms with Crippen LogP contribution in [0.4, 0.5) is 0 Å². The van der Waals surface area contributed by atoms with E-state index in [9.17, 15) is 0 Å². The first-order valence-corrected chi connectivity index (χ1v) is 9.11. The summed E-state index contributed by atoms with van der Waals surface area (Å²) in [6.45, 7) is 12.0. The van der Waals surface area contributed by atoms with Gasteiger partial charge in [0.1, 0.15) is 11.5 Å². The monoisotopic (exact) mass is 360 g/mol. The highest BCUT2D eigenvalue weighted by Crippen LogP contribution is 2.06. The smallest absolute Gasteiger partial charge is 0.176 e. The van der Waals surface area contributed by atoms with Crippen LogP contribution in [0.25, 0.3) is 0 Å². The lowest BCUT2D eigenvalue weighted by atomic mass is 10.3. The maximum atomic E-state index is 5.06. The molecule has 2 aromatic carbocycles. The molecule has 0 unspecified atom stereocenters. The molecule has 0 fully saturated rings. The molecular formula is C22H36N2O2. The summed E-state index contributed by atoms with van der Waals surface area (Å²) in [7, 11) is 3.34. The fourth-order valence-corrected chi connectivity index (χ4v) is 1.23. The molecule has 0 amide bonds. The zero-order valence-electron chi connectivity index (χ0n) is 17.6. The Bertz CT molecular complexity index is 463. The van der Waals surface area contributed by atoms with Gasteiger partial charge in [0.05, 0.1) is 0 Å². The SMILES string of the molecule is CC.CC.CC.CN=COc1ccccc1.CN=COc1ccccc1. The van der Waals surface area contributed by atoms with Gasteiger partial charge in [-0.3, -0.25) is 9.98 Å². The summed E-state index contributed by atoms with van der Waals surface area (Å²) < 4.78 is 10.1. The molecule has 2 aromatic rings. The Morgan fingerprint density at radius 3 is 1.04 bits per heavy atom. The first-order chi connectivity index (χ1) is 12.9. The minimum atomic E-state index is 0.813. The van der Waals surface area contributed by atoms with E-state index in [4.69, 9.17) is 9.47 Å². The van der Waals surface area contributed by atoms with Crippen LogP contribution in [0.3, 0.4) is 0 Å². The average Bonchev–Trinajstić information content (AvgIpc) is 2.77. The number of hydrogen-bond donors (Lipinski definition) is 0. The number of aliphatic imine (C=N–C) groups is 2. The highest BCUT2D eigenvalue weighted by atomic mass is 16.5. The van der Waals surface area contributed by atoms with E-state index in [1.807, 2.05) is 102 Å². The summed E-state index contributed by atoms with van der Waals surface area (Å²) in [6, 6.07) is 19.0. The molecule has 0 aliphatic heterocycles. The topological polar surface area (TPSA) is 43.2 Å². The summed E-state index contributed by atoms with van der Waals surface area (Å²) in [5.41, 5.74) is 0. The highest BCUT2D eigenvalue weighted by molar-refractivity contribution is 5.51. The molecule has 0 bridgehead atoms. The molecule has 0 spiro atoms. The average molecular weight is 361 g/mol. The van der Waals surface area contributed by atoms with Crippen LogP contribution in [0.1, 0.15) is 41.5 Å². The maximum Gasteiger partial charge on any atom is 0.176 e. The van der Waals surface area contributed by atoms with Gasteiger partial charge in [0.15, 0.2) is 12.8 Å². The van der Waals surface area contributed by atoms with Gasteiger partial charge in [-0.2, -0.15) is 0 Å².